The summed E-state index contributed by atoms with van der Waals surface area (Å²) in [5.41, 5.74) is 2.15. The molecule has 1 fully saturated rings. The van der Waals surface area contributed by atoms with E-state index in [9.17, 15) is 4.79 Å². The Balaban J connectivity index is 1.65. The van der Waals surface area contributed by atoms with Crippen LogP contribution >= 0.6 is 0 Å². The van der Waals surface area contributed by atoms with Gasteiger partial charge in [-0.1, -0.05) is 0 Å². The van der Waals surface area contributed by atoms with Gasteiger partial charge in [0.25, 0.3) is 5.91 Å². The van der Waals surface area contributed by atoms with Crippen molar-refractivity contribution in [3.05, 3.63) is 42.4 Å². The number of hydrogen-bond acceptors (Lipinski definition) is 5. The second-order valence-electron chi connectivity index (χ2n) is 5.85. The Bertz CT molecular complexity index is 660. The quantitative estimate of drug-likeness (QED) is 0.939. The molecule has 23 heavy (non-hydrogen) atoms. The van der Waals surface area contributed by atoms with E-state index >= 15 is 0 Å². The molecule has 0 bridgehead atoms. The lowest BCUT2D eigenvalue weighted by Crippen LogP contribution is -2.20. The number of amides is 1. The zero-order valence-electron chi connectivity index (χ0n) is 13.5. The number of carbonyl (C=O) groups excluding carboxylic acids is 1. The maximum Gasteiger partial charge on any atom is 0.275 e. The van der Waals surface area contributed by atoms with Crippen molar-refractivity contribution in [2.45, 2.75) is 12.8 Å². The molecular formula is C17H21N5O. The van der Waals surface area contributed by atoms with Crippen LogP contribution in [0.15, 0.2) is 36.7 Å². The van der Waals surface area contributed by atoms with E-state index in [2.05, 4.69) is 20.2 Å². The van der Waals surface area contributed by atoms with Crippen molar-refractivity contribution in [2.24, 2.45) is 0 Å². The zero-order valence-corrected chi connectivity index (χ0v) is 13.5. The van der Waals surface area contributed by atoms with Gasteiger partial charge in [0, 0.05) is 38.6 Å². The molecule has 1 aliphatic heterocycles. The van der Waals surface area contributed by atoms with Crippen LogP contribution < -0.4 is 15.1 Å². The van der Waals surface area contributed by atoms with Gasteiger partial charge in [-0.2, -0.15) is 0 Å². The molecule has 1 aliphatic rings. The van der Waals surface area contributed by atoms with E-state index in [4.69, 9.17) is 0 Å². The topological polar surface area (TPSA) is 61.4 Å². The molecule has 1 amide bonds. The van der Waals surface area contributed by atoms with Crippen LogP contribution in [0.25, 0.3) is 0 Å². The fraction of sp³-hybridized carbons (Fsp3) is 0.353. The van der Waals surface area contributed by atoms with Crippen LogP contribution in [0.4, 0.5) is 17.2 Å². The van der Waals surface area contributed by atoms with Crippen molar-refractivity contribution in [3.8, 4) is 0 Å². The van der Waals surface area contributed by atoms with E-state index in [0.29, 0.717) is 5.69 Å². The molecule has 2 heterocycles. The first-order valence-corrected chi connectivity index (χ1v) is 7.79. The Kier molecular flexibility index (Phi) is 4.41. The SMILES string of the molecule is CN(C)c1ccc(NC(=O)c2cnc(N3CCCC3)cn2)cc1. The Morgan fingerprint density at radius 1 is 1.09 bits per heavy atom. The van der Waals surface area contributed by atoms with E-state index < -0.39 is 0 Å². The van der Waals surface area contributed by atoms with Gasteiger partial charge in [-0.3, -0.25) is 4.79 Å². The molecule has 0 spiro atoms. The monoisotopic (exact) mass is 311 g/mol. The third-order valence-electron chi connectivity index (χ3n) is 3.94. The van der Waals surface area contributed by atoms with Gasteiger partial charge in [0.15, 0.2) is 0 Å². The average Bonchev–Trinajstić information content (AvgIpc) is 3.10. The molecule has 1 N–H and O–H groups in total. The molecule has 0 unspecified atom stereocenters. The maximum absolute atomic E-state index is 12.2. The lowest BCUT2D eigenvalue weighted by Gasteiger charge is -2.15. The van der Waals surface area contributed by atoms with Crippen LogP contribution in [0, 0.1) is 0 Å². The first-order chi connectivity index (χ1) is 11.1. The first kappa shape index (κ1) is 15.3. The van der Waals surface area contributed by atoms with Gasteiger partial charge < -0.3 is 15.1 Å². The van der Waals surface area contributed by atoms with Crippen LogP contribution in [0.5, 0.6) is 0 Å². The maximum atomic E-state index is 12.2. The van der Waals surface area contributed by atoms with E-state index in [1.165, 1.54) is 19.0 Å². The molecule has 0 saturated carbocycles. The van der Waals surface area contributed by atoms with Crippen molar-refractivity contribution < 1.29 is 4.79 Å². The lowest BCUT2D eigenvalue weighted by atomic mass is 10.2. The third-order valence-corrected chi connectivity index (χ3v) is 3.94. The highest BCUT2D eigenvalue weighted by Crippen LogP contribution is 2.18. The van der Waals surface area contributed by atoms with E-state index in [1.807, 2.05) is 43.3 Å². The van der Waals surface area contributed by atoms with Gasteiger partial charge >= 0.3 is 0 Å². The van der Waals surface area contributed by atoms with Crippen molar-refractivity contribution in [2.75, 3.05) is 42.3 Å². The third kappa shape index (κ3) is 3.59. The normalized spacial score (nSPS) is 13.9. The highest BCUT2D eigenvalue weighted by molar-refractivity contribution is 6.02. The second-order valence-corrected chi connectivity index (χ2v) is 5.85. The minimum atomic E-state index is -0.247. The summed E-state index contributed by atoms with van der Waals surface area (Å²) in [6.07, 6.45) is 5.59. The van der Waals surface area contributed by atoms with Gasteiger partial charge in [-0.25, -0.2) is 9.97 Å². The highest BCUT2D eigenvalue weighted by atomic mass is 16.1. The summed E-state index contributed by atoms with van der Waals surface area (Å²) in [7, 11) is 3.95. The summed E-state index contributed by atoms with van der Waals surface area (Å²) in [5.74, 6) is 0.595. The van der Waals surface area contributed by atoms with Crippen LogP contribution in [0.1, 0.15) is 23.3 Å². The van der Waals surface area contributed by atoms with E-state index in [-0.39, 0.29) is 5.91 Å². The molecule has 120 valence electrons. The number of aromatic nitrogens is 2. The molecule has 3 rings (SSSR count). The van der Waals surface area contributed by atoms with E-state index in [1.54, 1.807) is 6.20 Å². The predicted octanol–water partition coefficient (Wildman–Crippen LogP) is 2.40. The second kappa shape index (κ2) is 6.64. The van der Waals surface area contributed by atoms with Crippen LogP contribution in [0.2, 0.25) is 0 Å². The predicted molar refractivity (Wildman–Crippen MR) is 92.2 cm³/mol. The number of anilines is 3. The van der Waals surface area contributed by atoms with Crippen LogP contribution in [-0.2, 0) is 0 Å². The molecule has 0 radical (unpaired) electrons. The van der Waals surface area contributed by atoms with Gasteiger partial charge in [0.2, 0.25) is 0 Å². The Morgan fingerprint density at radius 2 is 1.78 bits per heavy atom. The Labute approximate surface area is 136 Å². The number of carbonyl (C=O) groups is 1. The summed E-state index contributed by atoms with van der Waals surface area (Å²) in [4.78, 5) is 25.0. The average molecular weight is 311 g/mol. The molecular weight excluding hydrogens is 290 g/mol. The van der Waals surface area contributed by atoms with Crippen molar-refractivity contribution in [1.82, 2.24) is 9.97 Å². The van der Waals surface area contributed by atoms with Crippen molar-refractivity contribution in [3.63, 3.8) is 0 Å². The molecule has 6 heteroatoms. The summed E-state index contributed by atoms with van der Waals surface area (Å²) in [5, 5.41) is 2.84. The smallest absolute Gasteiger partial charge is 0.275 e. The minimum Gasteiger partial charge on any atom is -0.378 e. The molecule has 6 nitrogen and oxygen atoms in total. The number of hydrogen-bond donors (Lipinski definition) is 1. The highest BCUT2D eigenvalue weighted by Gasteiger charge is 2.15. The lowest BCUT2D eigenvalue weighted by molar-refractivity contribution is 0.102. The van der Waals surface area contributed by atoms with Crippen molar-refractivity contribution in [1.29, 1.82) is 0 Å². The molecule has 1 aromatic heterocycles. The largest absolute Gasteiger partial charge is 0.378 e. The summed E-state index contributed by atoms with van der Waals surface area (Å²) in [6.45, 7) is 2.02. The summed E-state index contributed by atoms with van der Waals surface area (Å²) < 4.78 is 0. The van der Waals surface area contributed by atoms with Crippen LogP contribution in [-0.4, -0.2) is 43.1 Å². The number of benzene rings is 1. The Hall–Kier alpha value is -2.63. The standard InChI is InChI=1S/C17H21N5O/c1-21(2)14-7-5-13(6-8-14)20-17(23)15-11-19-16(12-18-15)22-9-3-4-10-22/h5-8,11-12H,3-4,9-10H2,1-2H3,(H,20,23). The first-order valence-electron chi connectivity index (χ1n) is 7.79. The van der Waals surface area contributed by atoms with Gasteiger partial charge in [-0.05, 0) is 37.1 Å². The fourth-order valence-corrected chi connectivity index (χ4v) is 2.59. The number of rotatable bonds is 4. The van der Waals surface area contributed by atoms with E-state index in [0.717, 1.165) is 30.3 Å². The number of nitrogens with one attached hydrogen (secondary N) is 1. The minimum absolute atomic E-state index is 0.247. The van der Waals surface area contributed by atoms with Gasteiger partial charge in [0.1, 0.15) is 11.5 Å². The van der Waals surface area contributed by atoms with Crippen molar-refractivity contribution >= 4 is 23.1 Å². The molecule has 0 aliphatic carbocycles. The Morgan fingerprint density at radius 3 is 2.35 bits per heavy atom. The fourth-order valence-electron chi connectivity index (χ4n) is 2.59. The number of nitrogens with zero attached hydrogens (tertiary/aromatic N) is 4. The van der Waals surface area contributed by atoms with Crippen LogP contribution in [0.3, 0.4) is 0 Å². The summed E-state index contributed by atoms with van der Waals surface area (Å²) in [6, 6.07) is 7.66. The zero-order chi connectivity index (χ0) is 16.2. The molecule has 1 saturated heterocycles. The molecule has 1 aromatic carbocycles. The van der Waals surface area contributed by atoms with Gasteiger partial charge in [-0.15, -0.1) is 0 Å². The molecule has 0 atom stereocenters. The summed E-state index contributed by atoms with van der Waals surface area (Å²) >= 11 is 0. The van der Waals surface area contributed by atoms with Gasteiger partial charge in [0.05, 0.1) is 12.4 Å². The molecule has 2 aromatic rings.